The summed E-state index contributed by atoms with van der Waals surface area (Å²) < 4.78 is 4.20. The average molecular weight is 401 g/mol. The minimum atomic E-state index is 0.403. The molecule has 0 spiro atoms. The van der Waals surface area contributed by atoms with E-state index >= 15 is 0 Å². The van der Waals surface area contributed by atoms with E-state index in [2.05, 4.69) is 55.2 Å². The molecule has 0 amide bonds. The summed E-state index contributed by atoms with van der Waals surface area (Å²) in [5.74, 6) is 0.403. The maximum absolute atomic E-state index is 5.97. The Morgan fingerprint density at radius 1 is 1.25 bits per heavy atom. The van der Waals surface area contributed by atoms with Crippen LogP contribution in [0.1, 0.15) is 17.0 Å². The van der Waals surface area contributed by atoms with Gasteiger partial charge in [0.1, 0.15) is 0 Å². The zero-order valence-corrected chi connectivity index (χ0v) is 14.9. The summed E-state index contributed by atoms with van der Waals surface area (Å²) in [6, 6.07) is 8.33. The molecule has 2 rings (SSSR count). The highest BCUT2D eigenvalue weighted by atomic mass is 79.9. The third-order valence-electron chi connectivity index (χ3n) is 3.54. The predicted molar refractivity (Wildman–Crippen MR) is 89.7 cm³/mol. The van der Waals surface area contributed by atoms with Crippen LogP contribution < -0.4 is 5.73 Å². The first-order chi connectivity index (χ1) is 9.52. The summed E-state index contributed by atoms with van der Waals surface area (Å²) in [5.41, 5.74) is 9.51. The zero-order chi connectivity index (χ0) is 14.7. The fourth-order valence-corrected chi connectivity index (χ4v) is 3.33. The first kappa shape index (κ1) is 15.7. The highest BCUT2D eigenvalue weighted by Gasteiger charge is 2.17. The largest absolute Gasteiger partial charge is 0.330 e. The van der Waals surface area contributed by atoms with Crippen molar-refractivity contribution in [1.29, 1.82) is 0 Å². The monoisotopic (exact) mass is 399 g/mol. The molecule has 1 aromatic carbocycles. The van der Waals surface area contributed by atoms with Crippen LogP contribution >= 0.6 is 31.9 Å². The summed E-state index contributed by atoms with van der Waals surface area (Å²) in [7, 11) is 1.99. The van der Waals surface area contributed by atoms with Gasteiger partial charge < -0.3 is 5.73 Å². The highest BCUT2D eigenvalue weighted by Crippen LogP contribution is 2.25. The minimum Gasteiger partial charge on any atom is -0.330 e. The molecule has 0 aliphatic carbocycles. The minimum absolute atomic E-state index is 0.403. The average Bonchev–Trinajstić information content (AvgIpc) is 2.66. The molecular formula is C15H19Br2N3. The first-order valence-electron chi connectivity index (χ1n) is 6.64. The number of aryl methyl sites for hydroxylation is 2. The molecule has 1 aromatic heterocycles. The Labute approximate surface area is 136 Å². The summed E-state index contributed by atoms with van der Waals surface area (Å²) in [4.78, 5) is 0. The third kappa shape index (κ3) is 3.51. The van der Waals surface area contributed by atoms with Crippen LogP contribution in [-0.2, 0) is 19.9 Å². The Morgan fingerprint density at radius 2 is 1.95 bits per heavy atom. The van der Waals surface area contributed by atoms with E-state index in [1.165, 1.54) is 11.3 Å². The molecule has 2 N–H and O–H groups in total. The van der Waals surface area contributed by atoms with Crippen molar-refractivity contribution in [3.05, 3.63) is 50.2 Å². The molecule has 0 radical (unpaired) electrons. The maximum atomic E-state index is 5.97. The predicted octanol–water partition coefficient (Wildman–Crippen LogP) is 3.61. The summed E-state index contributed by atoms with van der Waals surface area (Å²) in [5, 5.41) is 4.44. The molecule has 0 bridgehead atoms. The van der Waals surface area contributed by atoms with Gasteiger partial charge in [-0.2, -0.15) is 5.10 Å². The number of rotatable bonds is 5. The maximum Gasteiger partial charge on any atom is 0.0738 e. The standard InChI is InChI=1S/C15H19Br2N3/c1-10-15(17)14(20(2)19-10)8-11(9-18)7-12-5-3-4-6-13(12)16/h3-6,11H,7-9,18H2,1-2H3. The van der Waals surface area contributed by atoms with Gasteiger partial charge in [0, 0.05) is 11.5 Å². The van der Waals surface area contributed by atoms with Crippen molar-refractivity contribution in [2.45, 2.75) is 19.8 Å². The number of nitrogens with zero attached hydrogens (tertiary/aromatic N) is 2. The smallest absolute Gasteiger partial charge is 0.0738 e. The van der Waals surface area contributed by atoms with Crippen molar-refractivity contribution in [3.8, 4) is 0 Å². The fourth-order valence-electron chi connectivity index (χ4n) is 2.39. The Morgan fingerprint density at radius 3 is 2.50 bits per heavy atom. The van der Waals surface area contributed by atoms with Crippen LogP contribution in [0, 0.1) is 12.8 Å². The Balaban J connectivity index is 2.15. The van der Waals surface area contributed by atoms with Crippen molar-refractivity contribution in [3.63, 3.8) is 0 Å². The van der Waals surface area contributed by atoms with Gasteiger partial charge in [-0.25, -0.2) is 0 Å². The van der Waals surface area contributed by atoms with Crippen LogP contribution in [0.3, 0.4) is 0 Å². The van der Waals surface area contributed by atoms with Gasteiger partial charge >= 0.3 is 0 Å². The van der Waals surface area contributed by atoms with E-state index < -0.39 is 0 Å². The van der Waals surface area contributed by atoms with Crippen molar-refractivity contribution in [2.24, 2.45) is 18.7 Å². The molecule has 3 nitrogen and oxygen atoms in total. The van der Waals surface area contributed by atoms with E-state index in [1.807, 2.05) is 24.7 Å². The van der Waals surface area contributed by atoms with Crippen LogP contribution in [0.15, 0.2) is 33.2 Å². The fraction of sp³-hybridized carbons (Fsp3) is 0.400. The molecule has 1 unspecified atom stereocenters. The molecule has 0 saturated carbocycles. The van der Waals surface area contributed by atoms with Gasteiger partial charge in [-0.3, -0.25) is 4.68 Å². The third-order valence-corrected chi connectivity index (χ3v) is 5.35. The van der Waals surface area contributed by atoms with Crippen LogP contribution in [0.2, 0.25) is 0 Å². The van der Waals surface area contributed by atoms with Crippen molar-refractivity contribution in [1.82, 2.24) is 9.78 Å². The Kier molecular flexibility index (Phi) is 5.41. The second kappa shape index (κ2) is 6.87. The van der Waals surface area contributed by atoms with E-state index in [4.69, 9.17) is 5.73 Å². The molecule has 5 heteroatoms. The lowest BCUT2D eigenvalue weighted by Gasteiger charge is -2.16. The van der Waals surface area contributed by atoms with E-state index in [1.54, 1.807) is 0 Å². The van der Waals surface area contributed by atoms with Crippen LogP contribution in [0.5, 0.6) is 0 Å². The molecule has 20 heavy (non-hydrogen) atoms. The van der Waals surface area contributed by atoms with Crippen LogP contribution in [0.25, 0.3) is 0 Å². The first-order valence-corrected chi connectivity index (χ1v) is 8.23. The molecule has 0 saturated heterocycles. The summed E-state index contributed by atoms with van der Waals surface area (Å²) >= 11 is 7.23. The summed E-state index contributed by atoms with van der Waals surface area (Å²) in [6.45, 7) is 2.68. The number of halogens is 2. The van der Waals surface area contributed by atoms with E-state index in [0.29, 0.717) is 12.5 Å². The van der Waals surface area contributed by atoms with Gasteiger partial charge in [-0.05, 0) is 59.8 Å². The van der Waals surface area contributed by atoms with Gasteiger partial charge in [-0.15, -0.1) is 0 Å². The lowest BCUT2D eigenvalue weighted by Crippen LogP contribution is -2.21. The quantitative estimate of drug-likeness (QED) is 0.832. The van der Waals surface area contributed by atoms with Gasteiger partial charge in [0.2, 0.25) is 0 Å². The van der Waals surface area contributed by atoms with E-state index in [9.17, 15) is 0 Å². The van der Waals surface area contributed by atoms with Gasteiger partial charge in [0.05, 0.1) is 15.9 Å². The molecule has 0 aliphatic rings. The Hall–Kier alpha value is -0.650. The molecule has 1 atom stereocenters. The van der Waals surface area contributed by atoms with E-state index in [-0.39, 0.29) is 0 Å². The summed E-state index contributed by atoms with van der Waals surface area (Å²) in [6.07, 6.45) is 1.89. The van der Waals surface area contributed by atoms with Gasteiger partial charge in [-0.1, -0.05) is 34.1 Å². The highest BCUT2D eigenvalue weighted by molar-refractivity contribution is 9.10. The molecular weight excluding hydrogens is 382 g/mol. The molecule has 108 valence electrons. The number of nitrogens with two attached hydrogens (primary N) is 1. The van der Waals surface area contributed by atoms with Crippen molar-refractivity contribution in [2.75, 3.05) is 6.54 Å². The number of benzene rings is 1. The lowest BCUT2D eigenvalue weighted by molar-refractivity contribution is 0.509. The van der Waals surface area contributed by atoms with Crippen LogP contribution in [0.4, 0.5) is 0 Å². The normalized spacial score (nSPS) is 12.7. The lowest BCUT2D eigenvalue weighted by atomic mass is 9.95. The van der Waals surface area contributed by atoms with Gasteiger partial charge in [0.25, 0.3) is 0 Å². The zero-order valence-electron chi connectivity index (χ0n) is 11.7. The van der Waals surface area contributed by atoms with E-state index in [0.717, 1.165) is 27.5 Å². The number of aromatic nitrogens is 2. The number of hydrogen-bond donors (Lipinski definition) is 1. The molecule has 0 fully saturated rings. The molecule has 2 aromatic rings. The Bertz CT molecular complexity index is 593. The second-order valence-corrected chi connectivity index (χ2v) is 6.72. The number of hydrogen-bond acceptors (Lipinski definition) is 2. The van der Waals surface area contributed by atoms with Crippen molar-refractivity contribution >= 4 is 31.9 Å². The SMILES string of the molecule is Cc1nn(C)c(CC(CN)Cc2ccccc2Br)c1Br. The molecule has 0 aliphatic heterocycles. The second-order valence-electron chi connectivity index (χ2n) is 5.07. The molecule has 1 heterocycles. The van der Waals surface area contributed by atoms with Gasteiger partial charge in [0.15, 0.2) is 0 Å². The van der Waals surface area contributed by atoms with Crippen molar-refractivity contribution < 1.29 is 0 Å². The topological polar surface area (TPSA) is 43.8 Å². The van der Waals surface area contributed by atoms with Crippen LogP contribution in [-0.4, -0.2) is 16.3 Å².